The molecule has 0 aromatic heterocycles. The monoisotopic (exact) mass is 115 g/mol. The van der Waals surface area contributed by atoms with Crippen LogP contribution >= 0.6 is 10.3 Å². The Morgan fingerprint density at radius 1 is 1.71 bits per heavy atom. The Kier molecular flexibility index (Phi) is 3.62. The van der Waals surface area contributed by atoms with Gasteiger partial charge in [0.05, 0.1) is 0 Å². The van der Waals surface area contributed by atoms with Crippen molar-refractivity contribution in [2.45, 2.75) is 25.5 Å². The standard InChI is InChI=1S/C5H12BS/c1-4-5(2)7(3)6/h5H,4H2,1-3H3. The molecule has 0 aromatic carbocycles. The Hall–Kier alpha value is 0.415. The molecular weight excluding hydrogens is 103 g/mol. The predicted molar refractivity (Wildman–Crippen MR) is 39.0 cm³/mol. The normalized spacial score (nSPS) is 18.6. The molecular formula is C5H12BS. The first-order valence-electron chi connectivity index (χ1n) is 2.57. The van der Waals surface area contributed by atoms with Gasteiger partial charge < -0.3 is 0 Å². The number of hydrogen-bond acceptors (Lipinski definition) is 0. The average Bonchev–Trinajstić information content (AvgIpc) is 1.65. The molecule has 0 saturated heterocycles. The zero-order valence-electron chi connectivity index (χ0n) is 5.27. The van der Waals surface area contributed by atoms with Gasteiger partial charge >= 0.3 is 48.8 Å². The summed E-state index contributed by atoms with van der Waals surface area (Å²) in [6.07, 6.45) is 3.28. The van der Waals surface area contributed by atoms with Crippen molar-refractivity contribution in [3.63, 3.8) is 0 Å². The van der Waals surface area contributed by atoms with E-state index in [9.17, 15) is 0 Å². The SMILES string of the molecule is [B]=S(C)C(C)CC. The van der Waals surface area contributed by atoms with Crippen LogP contribution in [0.25, 0.3) is 0 Å². The molecule has 1 radical (unpaired) electrons. The van der Waals surface area contributed by atoms with Gasteiger partial charge in [0.15, 0.2) is 0 Å². The van der Waals surface area contributed by atoms with E-state index in [2.05, 4.69) is 20.1 Å². The molecule has 0 heterocycles. The third-order valence-electron chi connectivity index (χ3n) is 1.21. The van der Waals surface area contributed by atoms with E-state index in [-0.39, 0.29) is 10.3 Å². The van der Waals surface area contributed by atoms with Crippen LogP contribution in [0, 0.1) is 0 Å². The van der Waals surface area contributed by atoms with E-state index >= 15 is 0 Å². The maximum absolute atomic E-state index is 5.57. The molecule has 0 nitrogen and oxygen atoms in total. The molecule has 7 heavy (non-hydrogen) atoms. The second kappa shape index (κ2) is 3.42. The van der Waals surface area contributed by atoms with Crippen LogP contribution in [0.2, 0.25) is 0 Å². The molecule has 0 spiro atoms. The van der Waals surface area contributed by atoms with Crippen molar-refractivity contribution in [1.82, 2.24) is 0 Å². The van der Waals surface area contributed by atoms with E-state index in [0.717, 1.165) is 0 Å². The van der Waals surface area contributed by atoms with E-state index in [0.29, 0.717) is 5.25 Å². The van der Waals surface area contributed by atoms with Crippen LogP contribution in [-0.2, 0) is 0 Å². The first-order valence-corrected chi connectivity index (χ1v) is 4.33. The molecule has 0 bridgehead atoms. The summed E-state index contributed by atoms with van der Waals surface area (Å²) >= 11 is 0. The third-order valence-corrected chi connectivity index (χ3v) is 2.81. The molecule has 0 rings (SSSR count). The Morgan fingerprint density at radius 2 is 2.14 bits per heavy atom. The Labute approximate surface area is 49.5 Å². The minimum absolute atomic E-state index is 0.140. The van der Waals surface area contributed by atoms with Gasteiger partial charge in [-0.3, -0.25) is 0 Å². The fourth-order valence-electron chi connectivity index (χ4n) is 0.263. The van der Waals surface area contributed by atoms with Crippen molar-refractivity contribution in [2.24, 2.45) is 0 Å². The zero-order chi connectivity index (χ0) is 5.86. The van der Waals surface area contributed by atoms with Crippen LogP contribution in [0.15, 0.2) is 0 Å². The van der Waals surface area contributed by atoms with Crippen LogP contribution in [-0.4, -0.2) is 18.2 Å². The number of rotatable bonds is 2. The van der Waals surface area contributed by atoms with Crippen LogP contribution in [0.3, 0.4) is 0 Å². The molecule has 0 fully saturated rings. The molecule has 41 valence electrons. The summed E-state index contributed by atoms with van der Waals surface area (Å²) in [5.41, 5.74) is 0. The van der Waals surface area contributed by atoms with Crippen molar-refractivity contribution in [1.29, 1.82) is 0 Å². The molecule has 2 atom stereocenters. The summed E-state index contributed by atoms with van der Waals surface area (Å²) in [5, 5.41) is 0.708. The van der Waals surface area contributed by atoms with Crippen molar-refractivity contribution < 1.29 is 0 Å². The van der Waals surface area contributed by atoms with Crippen molar-refractivity contribution >= 4 is 17.0 Å². The third kappa shape index (κ3) is 3.04. The van der Waals surface area contributed by atoms with E-state index in [1.54, 1.807) is 0 Å². The van der Waals surface area contributed by atoms with Gasteiger partial charge in [-0.05, 0) is 0 Å². The first-order chi connectivity index (χ1) is 3.18. The summed E-state index contributed by atoms with van der Waals surface area (Å²) < 4.78 is 0. The average molecular weight is 115 g/mol. The summed E-state index contributed by atoms with van der Waals surface area (Å²) in [6, 6.07) is 0. The molecule has 2 heteroatoms. The van der Waals surface area contributed by atoms with Gasteiger partial charge in [0.1, 0.15) is 0 Å². The van der Waals surface area contributed by atoms with E-state index in [1.165, 1.54) is 6.42 Å². The predicted octanol–water partition coefficient (Wildman–Crippen LogP) is 1.77. The maximum atomic E-state index is 5.57. The second-order valence-electron chi connectivity index (χ2n) is 1.83. The molecule has 0 aliphatic rings. The van der Waals surface area contributed by atoms with Crippen LogP contribution in [0.1, 0.15) is 20.3 Å². The Bertz CT molecular complexity index is 70.5. The van der Waals surface area contributed by atoms with Gasteiger partial charge in [-0.1, -0.05) is 0 Å². The van der Waals surface area contributed by atoms with Gasteiger partial charge in [-0.2, -0.15) is 0 Å². The van der Waals surface area contributed by atoms with Gasteiger partial charge in [0.2, 0.25) is 0 Å². The van der Waals surface area contributed by atoms with Gasteiger partial charge in [0.25, 0.3) is 0 Å². The molecule has 0 aliphatic heterocycles. The minimum atomic E-state index is 0.140. The van der Waals surface area contributed by atoms with Crippen LogP contribution < -0.4 is 0 Å². The van der Waals surface area contributed by atoms with Crippen molar-refractivity contribution in [2.75, 3.05) is 6.26 Å². The molecule has 0 aliphatic carbocycles. The quantitative estimate of drug-likeness (QED) is 0.481. The van der Waals surface area contributed by atoms with Gasteiger partial charge in [0, 0.05) is 0 Å². The van der Waals surface area contributed by atoms with Crippen molar-refractivity contribution in [3.8, 4) is 0 Å². The molecule has 0 aromatic rings. The van der Waals surface area contributed by atoms with Gasteiger partial charge in [-0.15, -0.1) is 0 Å². The zero-order valence-corrected chi connectivity index (χ0v) is 6.09. The molecule has 0 saturated carbocycles. The fraction of sp³-hybridized carbons (Fsp3) is 1.00. The van der Waals surface area contributed by atoms with E-state index in [4.69, 9.17) is 6.72 Å². The first kappa shape index (κ1) is 7.41. The van der Waals surface area contributed by atoms with Crippen molar-refractivity contribution in [3.05, 3.63) is 0 Å². The Balaban J connectivity index is 3.34. The fourth-order valence-corrected chi connectivity index (χ4v) is 0.789. The van der Waals surface area contributed by atoms with Crippen LogP contribution in [0.5, 0.6) is 0 Å². The molecule has 0 amide bonds. The Morgan fingerprint density at radius 3 is 2.14 bits per heavy atom. The van der Waals surface area contributed by atoms with E-state index in [1.807, 2.05) is 0 Å². The molecule has 0 N–H and O–H groups in total. The summed E-state index contributed by atoms with van der Waals surface area (Å²) in [5.74, 6) is 0. The molecule has 2 unspecified atom stereocenters. The van der Waals surface area contributed by atoms with Crippen LogP contribution in [0.4, 0.5) is 0 Å². The van der Waals surface area contributed by atoms with E-state index < -0.39 is 0 Å². The van der Waals surface area contributed by atoms with Gasteiger partial charge in [-0.25, -0.2) is 0 Å². The topological polar surface area (TPSA) is 0 Å². The summed E-state index contributed by atoms with van der Waals surface area (Å²) in [7, 11) is 0.140. The summed E-state index contributed by atoms with van der Waals surface area (Å²) in [4.78, 5) is 0. The number of hydrogen-bond donors (Lipinski definition) is 0. The second-order valence-corrected chi connectivity index (χ2v) is 3.85. The summed E-state index contributed by atoms with van der Waals surface area (Å²) in [6.45, 7) is 9.93.